The largest absolute Gasteiger partial charge is 0.481 e. The van der Waals surface area contributed by atoms with Crippen molar-refractivity contribution in [2.24, 2.45) is 0 Å². The molecule has 2 rings (SSSR count). The van der Waals surface area contributed by atoms with Crippen molar-refractivity contribution < 1.29 is 9.90 Å². The molecule has 1 unspecified atom stereocenters. The number of aliphatic carboxylic acids is 1. The minimum Gasteiger partial charge on any atom is -0.481 e. The van der Waals surface area contributed by atoms with E-state index < -0.39 is 5.97 Å². The summed E-state index contributed by atoms with van der Waals surface area (Å²) in [7, 11) is 0. The Hall–Kier alpha value is -1.20. The lowest BCUT2D eigenvalue weighted by molar-refractivity contribution is -0.133. The lowest BCUT2D eigenvalue weighted by atomic mass is 10.1. The van der Waals surface area contributed by atoms with Crippen molar-refractivity contribution in [3.8, 4) is 0 Å². The van der Waals surface area contributed by atoms with Crippen molar-refractivity contribution in [1.82, 2.24) is 9.55 Å². The third-order valence-corrected chi connectivity index (χ3v) is 4.53. The number of fused-ring (bicyclic) bond motifs is 1. The van der Waals surface area contributed by atoms with E-state index in [1.54, 1.807) is 0 Å². The molecule has 4 nitrogen and oxygen atoms in total. The van der Waals surface area contributed by atoms with E-state index in [4.69, 9.17) is 16.7 Å². The summed E-state index contributed by atoms with van der Waals surface area (Å²) in [6.45, 7) is 4.30. The monoisotopic (exact) mass is 326 g/mol. The van der Waals surface area contributed by atoms with E-state index in [9.17, 15) is 4.79 Å². The number of aromatic nitrogens is 2. The van der Waals surface area contributed by atoms with Gasteiger partial charge in [-0.25, -0.2) is 4.98 Å². The first-order chi connectivity index (χ1) is 10.0. The number of hydrogen-bond acceptors (Lipinski definition) is 3. The van der Waals surface area contributed by atoms with Crippen LogP contribution in [-0.4, -0.2) is 26.4 Å². The van der Waals surface area contributed by atoms with Crippen molar-refractivity contribution in [3.05, 3.63) is 23.2 Å². The Morgan fingerprint density at radius 1 is 1.52 bits per heavy atom. The fourth-order valence-corrected chi connectivity index (χ4v) is 3.33. The Labute approximate surface area is 133 Å². The number of benzene rings is 1. The summed E-state index contributed by atoms with van der Waals surface area (Å²) < 4.78 is 2.12. The van der Waals surface area contributed by atoms with Crippen molar-refractivity contribution in [1.29, 1.82) is 0 Å². The average Bonchev–Trinajstić information content (AvgIpc) is 2.80. The van der Waals surface area contributed by atoms with Crippen LogP contribution in [-0.2, 0) is 4.79 Å². The summed E-state index contributed by atoms with van der Waals surface area (Å²) in [6.07, 6.45) is 3.30. The zero-order valence-electron chi connectivity index (χ0n) is 12.2. The van der Waals surface area contributed by atoms with Gasteiger partial charge in [-0.1, -0.05) is 43.1 Å². The van der Waals surface area contributed by atoms with Crippen molar-refractivity contribution >= 4 is 40.4 Å². The lowest BCUT2D eigenvalue weighted by Crippen LogP contribution is -2.08. The first kappa shape index (κ1) is 16.2. The normalized spacial score (nSPS) is 12.7. The molecule has 114 valence electrons. The molecule has 1 atom stereocenters. The molecule has 0 saturated heterocycles. The quantitative estimate of drug-likeness (QED) is 0.754. The van der Waals surface area contributed by atoms with Gasteiger partial charge in [0.05, 0.1) is 16.8 Å². The van der Waals surface area contributed by atoms with E-state index >= 15 is 0 Å². The summed E-state index contributed by atoms with van der Waals surface area (Å²) in [5.41, 5.74) is 1.83. The number of halogens is 1. The Balaban J connectivity index is 2.42. The van der Waals surface area contributed by atoms with Crippen LogP contribution in [0.25, 0.3) is 11.0 Å². The highest BCUT2D eigenvalue weighted by Gasteiger charge is 2.17. The Morgan fingerprint density at radius 2 is 2.29 bits per heavy atom. The highest BCUT2D eigenvalue weighted by Crippen LogP contribution is 2.31. The van der Waals surface area contributed by atoms with Crippen molar-refractivity contribution in [2.45, 2.75) is 44.3 Å². The number of carboxylic acids is 1. The van der Waals surface area contributed by atoms with Crippen LogP contribution in [0.15, 0.2) is 23.4 Å². The Morgan fingerprint density at radius 3 is 2.95 bits per heavy atom. The maximum absolute atomic E-state index is 10.8. The second-order valence-corrected chi connectivity index (χ2v) is 6.45. The topological polar surface area (TPSA) is 55.1 Å². The fourth-order valence-electron chi connectivity index (χ4n) is 2.33. The molecule has 0 aliphatic carbocycles. The van der Waals surface area contributed by atoms with E-state index in [2.05, 4.69) is 23.4 Å². The third kappa shape index (κ3) is 3.92. The molecule has 1 heterocycles. The molecule has 2 aromatic rings. The van der Waals surface area contributed by atoms with Gasteiger partial charge in [0.2, 0.25) is 0 Å². The lowest BCUT2D eigenvalue weighted by Gasteiger charge is -2.17. The van der Waals surface area contributed by atoms with Crippen LogP contribution >= 0.6 is 23.4 Å². The smallest absolute Gasteiger partial charge is 0.313 e. The van der Waals surface area contributed by atoms with Gasteiger partial charge in [-0.3, -0.25) is 4.79 Å². The molecule has 0 amide bonds. The first-order valence-electron chi connectivity index (χ1n) is 7.05. The van der Waals surface area contributed by atoms with E-state index in [0.717, 1.165) is 35.5 Å². The van der Waals surface area contributed by atoms with Gasteiger partial charge in [0.15, 0.2) is 5.16 Å². The second-order valence-electron chi connectivity index (χ2n) is 5.07. The number of hydrogen-bond donors (Lipinski definition) is 1. The van der Waals surface area contributed by atoms with Gasteiger partial charge in [0.1, 0.15) is 0 Å². The molecule has 0 radical (unpaired) electrons. The summed E-state index contributed by atoms with van der Waals surface area (Å²) in [5, 5.41) is 10.3. The van der Waals surface area contributed by atoms with Crippen LogP contribution in [0.1, 0.15) is 39.2 Å². The molecule has 0 aliphatic heterocycles. The molecule has 0 saturated carbocycles. The fraction of sp³-hybridized carbons (Fsp3) is 0.467. The van der Waals surface area contributed by atoms with Gasteiger partial charge in [-0.15, -0.1) is 0 Å². The number of nitrogens with zero attached hydrogens (tertiary/aromatic N) is 2. The van der Waals surface area contributed by atoms with Crippen LogP contribution in [0, 0.1) is 0 Å². The number of rotatable bonds is 7. The Bertz CT molecular complexity index is 642. The molecule has 1 N–H and O–H groups in total. The highest BCUT2D eigenvalue weighted by atomic mass is 35.5. The van der Waals surface area contributed by atoms with Gasteiger partial charge in [-0.2, -0.15) is 0 Å². The summed E-state index contributed by atoms with van der Waals surface area (Å²) in [5.74, 6) is -0.824. The molecule has 0 spiro atoms. The Kier molecular flexibility index (Phi) is 5.53. The summed E-state index contributed by atoms with van der Waals surface area (Å²) in [6, 6.07) is 5.86. The average molecular weight is 327 g/mol. The zero-order chi connectivity index (χ0) is 15.4. The zero-order valence-corrected chi connectivity index (χ0v) is 13.7. The van der Waals surface area contributed by atoms with Crippen LogP contribution < -0.4 is 0 Å². The second kappa shape index (κ2) is 7.18. The van der Waals surface area contributed by atoms with E-state index in [0.29, 0.717) is 5.02 Å². The van der Waals surface area contributed by atoms with E-state index in [1.807, 2.05) is 18.2 Å². The molecule has 6 heteroatoms. The number of carboxylic acid groups (broad SMARTS) is 1. The van der Waals surface area contributed by atoms with Crippen LogP contribution in [0.4, 0.5) is 0 Å². The number of imidazole rings is 1. The highest BCUT2D eigenvalue weighted by molar-refractivity contribution is 7.99. The number of thioether (sulfide) groups is 1. The van der Waals surface area contributed by atoms with Gasteiger partial charge >= 0.3 is 5.97 Å². The molecule has 1 aromatic carbocycles. The minimum atomic E-state index is -0.835. The first-order valence-corrected chi connectivity index (χ1v) is 8.41. The summed E-state index contributed by atoms with van der Waals surface area (Å²) >= 11 is 7.35. The predicted octanol–water partition coefficient (Wildman–Crippen LogP) is 4.62. The standard InChI is InChI=1S/C15H19ClN2O2S/c1-3-4-5-10(2)18-13-8-11(16)6-7-12(13)17-15(18)21-9-14(19)20/h6-8,10H,3-5,9H2,1-2H3,(H,19,20). The van der Waals surface area contributed by atoms with Crippen LogP contribution in [0.2, 0.25) is 5.02 Å². The van der Waals surface area contributed by atoms with Crippen molar-refractivity contribution in [2.75, 3.05) is 5.75 Å². The van der Waals surface area contributed by atoms with E-state index in [1.165, 1.54) is 11.8 Å². The molecular weight excluding hydrogens is 308 g/mol. The van der Waals surface area contributed by atoms with Gasteiger partial charge < -0.3 is 9.67 Å². The summed E-state index contributed by atoms with van der Waals surface area (Å²) in [4.78, 5) is 15.4. The minimum absolute atomic E-state index is 0.0115. The SMILES string of the molecule is CCCCC(C)n1c(SCC(=O)O)nc2ccc(Cl)cc21. The predicted molar refractivity (Wildman–Crippen MR) is 87.3 cm³/mol. The third-order valence-electron chi connectivity index (χ3n) is 3.36. The van der Waals surface area contributed by atoms with Crippen LogP contribution in [0.3, 0.4) is 0 Å². The molecule has 1 aromatic heterocycles. The van der Waals surface area contributed by atoms with Gasteiger partial charge in [0.25, 0.3) is 0 Å². The number of unbranched alkanes of at least 4 members (excludes halogenated alkanes) is 1. The molecular formula is C15H19ClN2O2S. The van der Waals surface area contributed by atoms with Crippen LogP contribution in [0.5, 0.6) is 0 Å². The number of carbonyl (C=O) groups is 1. The maximum Gasteiger partial charge on any atom is 0.313 e. The van der Waals surface area contributed by atoms with Gasteiger partial charge in [-0.05, 0) is 31.5 Å². The maximum atomic E-state index is 10.8. The molecule has 0 fully saturated rings. The molecule has 0 aliphatic rings. The molecule has 0 bridgehead atoms. The molecule has 21 heavy (non-hydrogen) atoms. The van der Waals surface area contributed by atoms with E-state index in [-0.39, 0.29) is 11.8 Å². The van der Waals surface area contributed by atoms with Gasteiger partial charge in [0, 0.05) is 11.1 Å². The van der Waals surface area contributed by atoms with Crippen molar-refractivity contribution in [3.63, 3.8) is 0 Å².